The van der Waals surface area contributed by atoms with Gasteiger partial charge in [0.15, 0.2) is 0 Å². The lowest BCUT2D eigenvalue weighted by molar-refractivity contribution is 0.0952. The molecule has 4 nitrogen and oxygen atoms in total. The molecule has 2 aromatic rings. The highest BCUT2D eigenvalue weighted by Gasteiger charge is 2.21. The molecular weight excluding hydrogens is 319 g/mol. The summed E-state index contributed by atoms with van der Waals surface area (Å²) < 4.78 is 18.9. The molecule has 1 aliphatic heterocycles. The Hall–Kier alpha value is -2.40. The van der Waals surface area contributed by atoms with Gasteiger partial charge in [0.2, 0.25) is 0 Å². The molecular formula is C20H23FN2O2. The number of fused-ring (bicyclic) bond motifs is 1. The maximum atomic E-state index is 13.1. The van der Waals surface area contributed by atoms with Crippen LogP contribution in [0.2, 0.25) is 0 Å². The summed E-state index contributed by atoms with van der Waals surface area (Å²) >= 11 is 0. The molecule has 0 saturated carbocycles. The highest BCUT2D eigenvalue weighted by molar-refractivity contribution is 5.94. The van der Waals surface area contributed by atoms with Crippen LogP contribution in [0.5, 0.6) is 5.75 Å². The van der Waals surface area contributed by atoms with E-state index in [1.807, 2.05) is 18.2 Å². The van der Waals surface area contributed by atoms with Crippen LogP contribution in [0, 0.1) is 5.82 Å². The van der Waals surface area contributed by atoms with Crippen LogP contribution in [-0.2, 0) is 6.42 Å². The standard InChI is InChI=1S/C20H23FN2O2/c21-17-8-5-7-16(12-17)20(24)23-11-4-3-10-22-14-18-13-15-6-1-2-9-19(15)25-18/h1-2,5-9,12,18,22H,3-4,10-11,13-14H2,(H,23,24). The van der Waals surface area contributed by atoms with E-state index in [0.717, 1.165) is 38.1 Å². The molecule has 2 aromatic carbocycles. The molecule has 25 heavy (non-hydrogen) atoms. The van der Waals surface area contributed by atoms with Gasteiger partial charge < -0.3 is 15.4 Å². The minimum Gasteiger partial charge on any atom is -0.488 e. The average Bonchev–Trinajstić information content (AvgIpc) is 3.03. The van der Waals surface area contributed by atoms with Crippen LogP contribution in [-0.4, -0.2) is 31.6 Å². The second-order valence-electron chi connectivity index (χ2n) is 6.23. The molecule has 0 bridgehead atoms. The monoisotopic (exact) mass is 342 g/mol. The van der Waals surface area contributed by atoms with Crippen molar-refractivity contribution in [1.82, 2.24) is 10.6 Å². The van der Waals surface area contributed by atoms with E-state index < -0.39 is 5.82 Å². The van der Waals surface area contributed by atoms with Gasteiger partial charge in [-0.1, -0.05) is 24.3 Å². The number of carbonyl (C=O) groups is 1. The summed E-state index contributed by atoms with van der Waals surface area (Å²) in [4.78, 5) is 11.9. The Balaban J connectivity index is 1.25. The number of hydrogen-bond acceptors (Lipinski definition) is 3. The van der Waals surface area contributed by atoms with E-state index in [-0.39, 0.29) is 12.0 Å². The highest BCUT2D eigenvalue weighted by atomic mass is 19.1. The summed E-state index contributed by atoms with van der Waals surface area (Å²) in [5.41, 5.74) is 1.63. The maximum absolute atomic E-state index is 13.1. The zero-order valence-electron chi connectivity index (χ0n) is 14.1. The number of nitrogens with one attached hydrogen (secondary N) is 2. The van der Waals surface area contributed by atoms with Crippen molar-refractivity contribution in [3.8, 4) is 5.75 Å². The SMILES string of the molecule is O=C(NCCCCNCC1Cc2ccccc2O1)c1cccc(F)c1. The molecule has 5 heteroatoms. The normalized spacial score (nSPS) is 15.5. The van der Waals surface area contributed by atoms with E-state index in [9.17, 15) is 9.18 Å². The molecule has 0 radical (unpaired) electrons. The van der Waals surface area contributed by atoms with E-state index >= 15 is 0 Å². The van der Waals surface area contributed by atoms with Gasteiger partial charge in [-0.3, -0.25) is 4.79 Å². The molecule has 1 atom stereocenters. The lowest BCUT2D eigenvalue weighted by Gasteiger charge is -2.12. The lowest BCUT2D eigenvalue weighted by atomic mass is 10.1. The van der Waals surface area contributed by atoms with Crippen molar-refractivity contribution < 1.29 is 13.9 Å². The number of amides is 1. The van der Waals surface area contributed by atoms with E-state index in [1.54, 1.807) is 6.07 Å². The second kappa shape index (κ2) is 8.62. The first kappa shape index (κ1) is 17.4. The molecule has 1 amide bonds. The molecule has 1 aliphatic rings. The molecule has 1 unspecified atom stereocenters. The predicted octanol–water partition coefficient (Wildman–Crippen LogP) is 2.93. The van der Waals surface area contributed by atoms with Gasteiger partial charge in [0, 0.05) is 25.1 Å². The molecule has 0 saturated heterocycles. The van der Waals surface area contributed by atoms with E-state index in [2.05, 4.69) is 16.7 Å². The van der Waals surface area contributed by atoms with Gasteiger partial charge in [-0.05, 0) is 49.2 Å². The first-order valence-electron chi connectivity index (χ1n) is 8.71. The Morgan fingerprint density at radius 1 is 1.12 bits per heavy atom. The number of halogens is 1. The molecule has 0 aliphatic carbocycles. The zero-order chi connectivity index (χ0) is 17.5. The first-order valence-corrected chi connectivity index (χ1v) is 8.71. The van der Waals surface area contributed by atoms with Gasteiger partial charge in [-0.2, -0.15) is 0 Å². The zero-order valence-corrected chi connectivity index (χ0v) is 14.1. The molecule has 3 rings (SSSR count). The number of hydrogen-bond donors (Lipinski definition) is 2. The summed E-state index contributed by atoms with van der Waals surface area (Å²) in [5, 5.41) is 6.21. The third-order valence-electron chi connectivity index (χ3n) is 4.24. The molecule has 2 N–H and O–H groups in total. The Labute approximate surface area is 147 Å². The molecule has 1 heterocycles. The minimum atomic E-state index is -0.395. The Kier molecular flexibility index (Phi) is 6.01. The van der Waals surface area contributed by atoms with Crippen LogP contribution in [0.3, 0.4) is 0 Å². The Bertz CT molecular complexity index is 695. The van der Waals surface area contributed by atoms with Gasteiger partial charge in [0.05, 0.1) is 0 Å². The van der Waals surface area contributed by atoms with Gasteiger partial charge in [0.1, 0.15) is 17.7 Å². The first-order chi connectivity index (χ1) is 12.2. The fourth-order valence-electron chi connectivity index (χ4n) is 2.94. The highest BCUT2D eigenvalue weighted by Crippen LogP contribution is 2.27. The van der Waals surface area contributed by atoms with Crippen LogP contribution >= 0.6 is 0 Å². The second-order valence-corrected chi connectivity index (χ2v) is 6.23. The number of benzene rings is 2. The number of unbranched alkanes of at least 4 members (excludes halogenated alkanes) is 1. The van der Waals surface area contributed by atoms with Gasteiger partial charge in [0.25, 0.3) is 5.91 Å². The van der Waals surface area contributed by atoms with Crippen LogP contribution in [0.15, 0.2) is 48.5 Å². The van der Waals surface area contributed by atoms with Crippen molar-refractivity contribution in [3.05, 3.63) is 65.5 Å². The van der Waals surface area contributed by atoms with E-state index in [1.165, 1.54) is 23.8 Å². The molecule has 132 valence electrons. The third-order valence-corrected chi connectivity index (χ3v) is 4.24. The summed E-state index contributed by atoms with van der Waals surface area (Å²) in [7, 11) is 0. The van der Waals surface area contributed by atoms with Crippen molar-refractivity contribution in [2.24, 2.45) is 0 Å². The van der Waals surface area contributed by atoms with E-state index in [0.29, 0.717) is 12.1 Å². The van der Waals surface area contributed by atoms with Crippen LogP contribution in [0.1, 0.15) is 28.8 Å². The van der Waals surface area contributed by atoms with Crippen molar-refractivity contribution in [3.63, 3.8) is 0 Å². The number of carbonyl (C=O) groups excluding carboxylic acids is 1. The summed E-state index contributed by atoms with van der Waals surface area (Å²) in [6.07, 6.45) is 2.99. The smallest absolute Gasteiger partial charge is 0.251 e. The maximum Gasteiger partial charge on any atom is 0.251 e. The fraction of sp³-hybridized carbons (Fsp3) is 0.350. The van der Waals surface area contributed by atoms with Crippen molar-refractivity contribution >= 4 is 5.91 Å². The van der Waals surface area contributed by atoms with Crippen molar-refractivity contribution in [2.75, 3.05) is 19.6 Å². The predicted molar refractivity (Wildman–Crippen MR) is 95.4 cm³/mol. The summed E-state index contributed by atoms with van der Waals surface area (Å²) in [5.74, 6) is 0.368. The van der Waals surface area contributed by atoms with E-state index in [4.69, 9.17) is 4.74 Å². The minimum absolute atomic E-state index is 0.199. The van der Waals surface area contributed by atoms with Crippen LogP contribution in [0.4, 0.5) is 4.39 Å². The molecule has 0 spiro atoms. The van der Waals surface area contributed by atoms with Gasteiger partial charge >= 0.3 is 0 Å². The average molecular weight is 342 g/mol. The van der Waals surface area contributed by atoms with Crippen molar-refractivity contribution in [1.29, 1.82) is 0 Å². The Morgan fingerprint density at radius 2 is 1.96 bits per heavy atom. The fourth-order valence-corrected chi connectivity index (χ4v) is 2.94. The molecule has 0 fully saturated rings. The van der Waals surface area contributed by atoms with Gasteiger partial charge in [-0.15, -0.1) is 0 Å². The topological polar surface area (TPSA) is 50.4 Å². The van der Waals surface area contributed by atoms with Crippen LogP contribution < -0.4 is 15.4 Å². The number of rotatable bonds is 8. The van der Waals surface area contributed by atoms with Crippen molar-refractivity contribution in [2.45, 2.75) is 25.4 Å². The largest absolute Gasteiger partial charge is 0.488 e. The van der Waals surface area contributed by atoms with Gasteiger partial charge in [-0.25, -0.2) is 4.39 Å². The summed E-state index contributed by atoms with van der Waals surface area (Å²) in [6.45, 7) is 2.29. The summed E-state index contributed by atoms with van der Waals surface area (Å²) in [6, 6.07) is 13.9. The molecule has 0 aromatic heterocycles. The lowest BCUT2D eigenvalue weighted by Crippen LogP contribution is -2.31. The Morgan fingerprint density at radius 3 is 2.80 bits per heavy atom. The number of para-hydroxylation sites is 1. The van der Waals surface area contributed by atoms with Crippen LogP contribution in [0.25, 0.3) is 0 Å². The third kappa shape index (κ3) is 5.03. The number of ether oxygens (including phenoxy) is 1. The quantitative estimate of drug-likeness (QED) is 0.725.